The molecule has 1 atom stereocenters. The molecule has 0 bridgehead atoms. The molecule has 4 heterocycles. The van der Waals surface area contributed by atoms with E-state index in [2.05, 4.69) is 20.1 Å². The number of nitrogens with zero attached hydrogens (tertiary/aromatic N) is 3. The fourth-order valence-electron chi connectivity index (χ4n) is 3.74. The van der Waals surface area contributed by atoms with Crippen LogP contribution in [0, 0.1) is 13.8 Å². The fraction of sp³-hybridized carbons (Fsp3) is 0.421. The van der Waals surface area contributed by atoms with E-state index in [0.717, 1.165) is 29.4 Å². The highest BCUT2D eigenvalue weighted by Gasteiger charge is 2.23. The Labute approximate surface area is 156 Å². The molecule has 2 N–H and O–H groups in total. The molecule has 8 nitrogen and oxygen atoms in total. The molecule has 0 aliphatic carbocycles. The van der Waals surface area contributed by atoms with Crippen LogP contribution in [0.5, 0.6) is 0 Å². The Morgan fingerprint density at radius 3 is 3.04 bits per heavy atom. The lowest BCUT2D eigenvalue weighted by atomic mass is 10.1. The largest absolute Gasteiger partial charge is 0.467 e. The molecule has 0 saturated carbocycles. The SMILES string of the molecule is Cc1cc(C(=O)NC2CCc3n[nH]c(=O)n3CC2)c(C)n1Cc1ccco1. The zero-order chi connectivity index (χ0) is 19.0. The van der Waals surface area contributed by atoms with Crippen LogP contribution in [0.1, 0.15) is 46.2 Å². The van der Waals surface area contributed by atoms with Gasteiger partial charge in [-0.2, -0.15) is 5.10 Å². The van der Waals surface area contributed by atoms with Crippen molar-refractivity contribution in [2.45, 2.75) is 52.2 Å². The number of aromatic nitrogens is 4. The number of rotatable bonds is 4. The van der Waals surface area contributed by atoms with Gasteiger partial charge >= 0.3 is 5.69 Å². The molecule has 0 aromatic carbocycles. The van der Waals surface area contributed by atoms with Crippen molar-refractivity contribution in [3.63, 3.8) is 0 Å². The minimum atomic E-state index is -0.182. The van der Waals surface area contributed by atoms with E-state index in [-0.39, 0.29) is 17.6 Å². The molecule has 1 aliphatic heterocycles. The smallest absolute Gasteiger partial charge is 0.343 e. The van der Waals surface area contributed by atoms with Crippen molar-refractivity contribution in [3.8, 4) is 0 Å². The zero-order valence-corrected chi connectivity index (χ0v) is 15.5. The molecule has 1 aliphatic rings. The summed E-state index contributed by atoms with van der Waals surface area (Å²) in [6.45, 7) is 5.11. The number of furan rings is 1. The van der Waals surface area contributed by atoms with Crippen molar-refractivity contribution in [2.75, 3.05) is 0 Å². The van der Waals surface area contributed by atoms with Gasteiger partial charge in [-0.25, -0.2) is 9.89 Å². The van der Waals surface area contributed by atoms with Crippen LogP contribution in [-0.4, -0.2) is 31.3 Å². The van der Waals surface area contributed by atoms with Gasteiger partial charge in [-0.1, -0.05) is 0 Å². The maximum Gasteiger partial charge on any atom is 0.343 e. The minimum absolute atomic E-state index is 0.0201. The maximum atomic E-state index is 12.9. The second-order valence-corrected chi connectivity index (χ2v) is 7.04. The van der Waals surface area contributed by atoms with E-state index in [1.165, 1.54) is 0 Å². The van der Waals surface area contributed by atoms with Crippen LogP contribution in [-0.2, 0) is 19.5 Å². The van der Waals surface area contributed by atoms with Crippen LogP contribution in [0.3, 0.4) is 0 Å². The number of carbonyl (C=O) groups is 1. The van der Waals surface area contributed by atoms with Crippen molar-refractivity contribution in [3.05, 3.63) is 63.5 Å². The average molecular weight is 369 g/mol. The number of aryl methyl sites for hydroxylation is 2. The van der Waals surface area contributed by atoms with Gasteiger partial charge in [0.25, 0.3) is 5.91 Å². The first-order chi connectivity index (χ1) is 13.0. The monoisotopic (exact) mass is 369 g/mol. The third kappa shape index (κ3) is 3.34. The van der Waals surface area contributed by atoms with Crippen LogP contribution in [0.15, 0.2) is 33.7 Å². The van der Waals surface area contributed by atoms with Crippen LogP contribution in [0.2, 0.25) is 0 Å². The van der Waals surface area contributed by atoms with E-state index in [0.29, 0.717) is 31.5 Å². The third-order valence-electron chi connectivity index (χ3n) is 5.30. The Hall–Kier alpha value is -3.03. The summed E-state index contributed by atoms with van der Waals surface area (Å²) in [6.07, 6.45) is 3.80. The lowest BCUT2D eigenvalue weighted by Gasteiger charge is -2.16. The van der Waals surface area contributed by atoms with Gasteiger partial charge in [-0.15, -0.1) is 0 Å². The van der Waals surface area contributed by atoms with E-state index in [4.69, 9.17) is 4.42 Å². The molecule has 1 unspecified atom stereocenters. The van der Waals surface area contributed by atoms with Crippen LogP contribution < -0.4 is 11.0 Å². The molecule has 3 aromatic rings. The normalized spacial score (nSPS) is 16.7. The fourth-order valence-corrected chi connectivity index (χ4v) is 3.74. The molecular weight excluding hydrogens is 346 g/mol. The summed E-state index contributed by atoms with van der Waals surface area (Å²) in [6, 6.07) is 5.72. The van der Waals surface area contributed by atoms with Crippen molar-refractivity contribution >= 4 is 5.91 Å². The first kappa shape index (κ1) is 17.4. The number of carbonyl (C=O) groups excluding carboxylic acids is 1. The van der Waals surface area contributed by atoms with Gasteiger partial charge in [0.2, 0.25) is 0 Å². The van der Waals surface area contributed by atoms with Gasteiger partial charge in [0, 0.05) is 30.4 Å². The Bertz CT molecular complexity index is 1010. The quantitative estimate of drug-likeness (QED) is 0.732. The van der Waals surface area contributed by atoms with Crippen LogP contribution in [0.4, 0.5) is 0 Å². The molecule has 8 heteroatoms. The molecule has 0 fully saturated rings. The number of amides is 1. The highest BCUT2D eigenvalue weighted by molar-refractivity contribution is 5.95. The lowest BCUT2D eigenvalue weighted by Crippen LogP contribution is -2.35. The molecule has 0 radical (unpaired) electrons. The Morgan fingerprint density at radius 1 is 1.41 bits per heavy atom. The van der Waals surface area contributed by atoms with Crippen LogP contribution in [0.25, 0.3) is 0 Å². The van der Waals surface area contributed by atoms with Gasteiger partial charge in [0.1, 0.15) is 11.6 Å². The summed E-state index contributed by atoms with van der Waals surface area (Å²) in [7, 11) is 0. The number of fused-ring (bicyclic) bond motifs is 1. The van der Waals surface area contributed by atoms with E-state index in [9.17, 15) is 9.59 Å². The molecule has 0 spiro atoms. The Morgan fingerprint density at radius 2 is 2.26 bits per heavy atom. The second kappa shape index (κ2) is 6.94. The van der Waals surface area contributed by atoms with Gasteiger partial charge in [-0.3, -0.25) is 9.36 Å². The standard InChI is InChI=1S/C19H23N5O3/c1-12-10-16(13(2)24(12)11-15-4-3-9-27-15)18(25)20-14-5-6-17-21-22-19(26)23(17)8-7-14/h3-4,9-10,14H,5-8,11H2,1-2H3,(H,20,25)(H,22,26). The average Bonchev–Trinajstić information content (AvgIpc) is 3.31. The number of nitrogens with one attached hydrogen (secondary N) is 2. The summed E-state index contributed by atoms with van der Waals surface area (Å²) < 4.78 is 9.16. The predicted molar refractivity (Wildman–Crippen MR) is 98.8 cm³/mol. The van der Waals surface area contributed by atoms with Gasteiger partial charge in [-0.05, 0) is 44.9 Å². The summed E-state index contributed by atoms with van der Waals surface area (Å²) >= 11 is 0. The third-order valence-corrected chi connectivity index (χ3v) is 5.30. The molecule has 27 heavy (non-hydrogen) atoms. The predicted octanol–water partition coefficient (Wildman–Crippen LogP) is 1.77. The van der Waals surface area contributed by atoms with E-state index >= 15 is 0 Å². The first-order valence-corrected chi connectivity index (χ1v) is 9.17. The topological polar surface area (TPSA) is 97.9 Å². The second-order valence-electron chi connectivity index (χ2n) is 7.04. The number of hydrogen-bond donors (Lipinski definition) is 2. The van der Waals surface area contributed by atoms with E-state index in [1.807, 2.05) is 32.0 Å². The van der Waals surface area contributed by atoms with Crippen molar-refractivity contribution in [2.24, 2.45) is 0 Å². The summed E-state index contributed by atoms with van der Waals surface area (Å²) in [5.41, 5.74) is 2.43. The number of aromatic amines is 1. The van der Waals surface area contributed by atoms with Crippen molar-refractivity contribution in [1.29, 1.82) is 0 Å². The highest BCUT2D eigenvalue weighted by atomic mass is 16.3. The number of hydrogen-bond acceptors (Lipinski definition) is 4. The molecule has 3 aromatic heterocycles. The molecule has 4 rings (SSSR count). The van der Waals surface area contributed by atoms with E-state index in [1.54, 1.807) is 10.8 Å². The molecular formula is C19H23N5O3. The van der Waals surface area contributed by atoms with Gasteiger partial charge < -0.3 is 14.3 Å². The lowest BCUT2D eigenvalue weighted by molar-refractivity contribution is 0.0932. The van der Waals surface area contributed by atoms with Gasteiger partial charge in [0.05, 0.1) is 18.4 Å². The minimum Gasteiger partial charge on any atom is -0.467 e. The highest BCUT2D eigenvalue weighted by Crippen LogP contribution is 2.19. The molecule has 1 amide bonds. The summed E-state index contributed by atoms with van der Waals surface area (Å²) in [5.74, 6) is 1.53. The number of H-pyrrole nitrogens is 1. The molecule has 0 saturated heterocycles. The van der Waals surface area contributed by atoms with E-state index < -0.39 is 0 Å². The molecule has 142 valence electrons. The Kier molecular flexibility index (Phi) is 4.47. The Balaban J connectivity index is 1.46. The van der Waals surface area contributed by atoms with Crippen molar-refractivity contribution in [1.82, 2.24) is 24.6 Å². The van der Waals surface area contributed by atoms with Crippen LogP contribution >= 0.6 is 0 Å². The zero-order valence-electron chi connectivity index (χ0n) is 15.5. The van der Waals surface area contributed by atoms with Gasteiger partial charge in [0.15, 0.2) is 0 Å². The van der Waals surface area contributed by atoms with Crippen molar-refractivity contribution < 1.29 is 9.21 Å². The first-order valence-electron chi connectivity index (χ1n) is 9.17. The summed E-state index contributed by atoms with van der Waals surface area (Å²) in [4.78, 5) is 24.6. The maximum absolute atomic E-state index is 12.9. The summed E-state index contributed by atoms with van der Waals surface area (Å²) in [5, 5.41) is 9.67.